The zero-order valence-corrected chi connectivity index (χ0v) is 8.59. The van der Waals surface area contributed by atoms with E-state index in [4.69, 9.17) is 11.6 Å². The standard InChI is InChI=1S/C7H5BrClN3/c1-4-2-5(9)12-3-10-11-7(12)6(4)8/h2-3H,1H3. The molecular formula is C7H5BrClN3. The Labute approximate surface area is 82.5 Å². The molecule has 0 radical (unpaired) electrons. The van der Waals surface area contributed by atoms with Crippen molar-refractivity contribution in [3.05, 3.63) is 27.6 Å². The third kappa shape index (κ3) is 1.03. The van der Waals surface area contributed by atoms with Gasteiger partial charge in [0.2, 0.25) is 0 Å². The maximum absolute atomic E-state index is 5.94. The zero-order chi connectivity index (χ0) is 8.72. The number of pyridine rings is 1. The first-order chi connectivity index (χ1) is 5.70. The lowest BCUT2D eigenvalue weighted by Crippen LogP contribution is -1.89. The topological polar surface area (TPSA) is 30.2 Å². The minimum atomic E-state index is 0.621. The van der Waals surface area contributed by atoms with Crippen LogP contribution in [0.2, 0.25) is 5.15 Å². The third-order valence-corrected chi connectivity index (χ3v) is 2.93. The predicted octanol–water partition coefficient (Wildman–Crippen LogP) is 2.45. The van der Waals surface area contributed by atoms with Crippen LogP contribution in [0.4, 0.5) is 0 Å². The Kier molecular flexibility index (Phi) is 1.81. The summed E-state index contributed by atoms with van der Waals surface area (Å²) >= 11 is 9.35. The number of rotatable bonds is 0. The molecule has 0 N–H and O–H groups in total. The second-order valence-electron chi connectivity index (χ2n) is 2.49. The predicted molar refractivity (Wildman–Crippen MR) is 50.4 cm³/mol. The summed E-state index contributed by atoms with van der Waals surface area (Å²) < 4.78 is 2.66. The van der Waals surface area contributed by atoms with E-state index in [9.17, 15) is 0 Å². The largest absolute Gasteiger partial charge is 0.271 e. The van der Waals surface area contributed by atoms with Gasteiger partial charge in [0.1, 0.15) is 11.5 Å². The van der Waals surface area contributed by atoms with E-state index in [1.807, 2.05) is 13.0 Å². The summed E-state index contributed by atoms with van der Waals surface area (Å²) in [5.74, 6) is 0. The van der Waals surface area contributed by atoms with Crippen LogP contribution in [-0.2, 0) is 0 Å². The molecule has 2 heterocycles. The smallest absolute Gasteiger partial charge is 0.176 e. The molecule has 0 aliphatic heterocycles. The average Bonchev–Trinajstić information content (AvgIpc) is 2.48. The van der Waals surface area contributed by atoms with E-state index < -0.39 is 0 Å². The Morgan fingerprint density at radius 3 is 3.08 bits per heavy atom. The van der Waals surface area contributed by atoms with Gasteiger partial charge in [-0.2, -0.15) is 0 Å². The minimum Gasteiger partial charge on any atom is -0.271 e. The number of halogens is 2. The maximum atomic E-state index is 5.94. The van der Waals surface area contributed by atoms with Crippen molar-refractivity contribution in [1.29, 1.82) is 0 Å². The number of fused-ring (bicyclic) bond motifs is 1. The first-order valence-electron chi connectivity index (χ1n) is 3.34. The van der Waals surface area contributed by atoms with Gasteiger partial charge in [-0.05, 0) is 34.5 Å². The van der Waals surface area contributed by atoms with Crippen LogP contribution in [0.1, 0.15) is 5.56 Å². The Bertz CT molecular complexity index is 437. The van der Waals surface area contributed by atoms with Crippen molar-refractivity contribution in [2.24, 2.45) is 0 Å². The molecule has 62 valence electrons. The molecule has 0 aliphatic carbocycles. The van der Waals surface area contributed by atoms with Crippen LogP contribution in [0.25, 0.3) is 5.65 Å². The third-order valence-electron chi connectivity index (χ3n) is 1.66. The highest BCUT2D eigenvalue weighted by Gasteiger charge is 2.06. The highest BCUT2D eigenvalue weighted by atomic mass is 79.9. The Morgan fingerprint density at radius 2 is 2.33 bits per heavy atom. The van der Waals surface area contributed by atoms with Crippen LogP contribution in [0.5, 0.6) is 0 Å². The van der Waals surface area contributed by atoms with Crippen molar-refractivity contribution in [3.63, 3.8) is 0 Å². The van der Waals surface area contributed by atoms with Crippen molar-refractivity contribution in [2.75, 3.05) is 0 Å². The van der Waals surface area contributed by atoms with Crippen molar-refractivity contribution >= 4 is 33.2 Å². The quantitative estimate of drug-likeness (QED) is 0.669. The Morgan fingerprint density at radius 1 is 1.58 bits per heavy atom. The molecule has 5 heteroatoms. The highest BCUT2D eigenvalue weighted by Crippen LogP contribution is 2.24. The lowest BCUT2D eigenvalue weighted by molar-refractivity contribution is 1.10. The van der Waals surface area contributed by atoms with Gasteiger partial charge in [-0.3, -0.25) is 4.40 Å². The van der Waals surface area contributed by atoms with Gasteiger partial charge < -0.3 is 0 Å². The van der Waals surface area contributed by atoms with Gasteiger partial charge in [-0.1, -0.05) is 11.6 Å². The normalized spacial score (nSPS) is 10.9. The van der Waals surface area contributed by atoms with E-state index in [-0.39, 0.29) is 0 Å². The van der Waals surface area contributed by atoms with Gasteiger partial charge in [0.25, 0.3) is 0 Å². The van der Waals surface area contributed by atoms with Gasteiger partial charge in [0.05, 0.1) is 4.47 Å². The molecule has 0 aromatic carbocycles. The van der Waals surface area contributed by atoms with E-state index in [2.05, 4.69) is 26.1 Å². The maximum Gasteiger partial charge on any atom is 0.176 e. The molecule has 0 saturated heterocycles. The summed E-state index contributed by atoms with van der Waals surface area (Å²) in [7, 11) is 0. The Balaban J connectivity index is 2.97. The van der Waals surface area contributed by atoms with Crippen LogP contribution in [0.3, 0.4) is 0 Å². The first kappa shape index (κ1) is 8.01. The van der Waals surface area contributed by atoms with Gasteiger partial charge in [0, 0.05) is 0 Å². The molecule has 0 aliphatic rings. The molecule has 12 heavy (non-hydrogen) atoms. The fraction of sp³-hybridized carbons (Fsp3) is 0.143. The molecule has 0 spiro atoms. The van der Waals surface area contributed by atoms with E-state index in [0.717, 1.165) is 15.7 Å². The van der Waals surface area contributed by atoms with Gasteiger partial charge in [-0.15, -0.1) is 10.2 Å². The van der Waals surface area contributed by atoms with Gasteiger partial charge >= 0.3 is 0 Å². The number of nitrogens with zero attached hydrogens (tertiary/aromatic N) is 3. The highest BCUT2D eigenvalue weighted by molar-refractivity contribution is 9.10. The molecule has 2 aromatic rings. The summed E-state index contributed by atoms with van der Waals surface area (Å²) in [6, 6.07) is 1.86. The second kappa shape index (κ2) is 2.71. The molecular weight excluding hydrogens is 241 g/mol. The van der Waals surface area contributed by atoms with Crippen molar-refractivity contribution in [3.8, 4) is 0 Å². The molecule has 0 bridgehead atoms. The fourth-order valence-corrected chi connectivity index (χ4v) is 1.70. The zero-order valence-electron chi connectivity index (χ0n) is 6.25. The summed E-state index contributed by atoms with van der Waals surface area (Å²) in [4.78, 5) is 0. The summed E-state index contributed by atoms with van der Waals surface area (Å²) in [5, 5.41) is 8.31. The van der Waals surface area contributed by atoms with Crippen LogP contribution in [0, 0.1) is 6.92 Å². The van der Waals surface area contributed by atoms with Crippen LogP contribution < -0.4 is 0 Å². The number of hydrogen-bond acceptors (Lipinski definition) is 2. The minimum absolute atomic E-state index is 0.621. The van der Waals surface area contributed by atoms with E-state index in [1.54, 1.807) is 10.7 Å². The van der Waals surface area contributed by atoms with Crippen LogP contribution in [-0.4, -0.2) is 14.6 Å². The molecule has 0 saturated carbocycles. The van der Waals surface area contributed by atoms with Crippen molar-refractivity contribution in [2.45, 2.75) is 6.92 Å². The van der Waals surface area contributed by atoms with Crippen LogP contribution in [0.15, 0.2) is 16.9 Å². The molecule has 2 aromatic heterocycles. The second-order valence-corrected chi connectivity index (χ2v) is 3.67. The number of aromatic nitrogens is 3. The monoisotopic (exact) mass is 245 g/mol. The van der Waals surface area contributed by atoms with Crippen LogP contribution >= 0.6 is 27.5 Å². The molecule has 2 rings (SSSR count). The number of hydrogen-bond donors (Lipinski definition) is 0. The summed E-state index contributed by atoms with van der Waals surface area (Å²) in [6.45, 7) is 1.96. The van der Waals surface area contributed by atoms with E-state index in [0.29, 0.717) is 5.15 Å². The van der Waals surface area contributed by atoms with E-state index >= 15 is 0 Å². The first-order valence-corrected chi connectivity index (χ1v) is 4.51. The van der Waals surface area contributed by atoms with Gasteiger partial charge in [0.15, 0.2) is 5.65 Å². The summed E-state index contributed by atoms with van der Waals surface area (Å²) in [5.41, 5.74) is 1.81. The van der Waals surface area contributed by atoms with E-state index in [1.165, 1.54) is 0 Å². The average molecular weight is 246 g/mol. The molecule has 0 fully saturated rings. The molecule has 0 atom stereocenters. The lowest BCUT2D eigenvalue weighted by Gasteiger charge is -2.01. The summed E-state index contributed by atoms with van der Waals surface area (Å²) in [6.07, 6.45) is 1.59. The molecule has 0 amide bonds. The molecule has 3 nitrogen and oxygen atoms in total. The van der Waals surface area contributed by atoms with Crippen molar-refractivity contribution < 1.29 is 0 Å². The lowest BCUT2D eigenvalue weighted by atomic mass is 10.3. The molecule has 0 unspecified atom stereocenters. The van der Waals surface area contributed by atoms with Crippen molar-refractivity contribution in [1.82, 2.24) is 14.6 Å². The van der Waals surface area contributed by atoms with Gasteiger partial charge in [-0.25, -0.2) is 0 Å². The fourth-order valence-electron chi connectivity index (χ4n) is 1.03. The Hall–Kier alpha value is -0.610. The number of aryl methyl sites for hydroxylation is 1. The SMILES string of the molecule is Cc1cc(Cl)n2cnnc2c1Br.